The first-order valence-electron chi connectivity index (χ1n) is 7.85. The van der Waals surface area contributed by atoms with Crippen molar-refractivity contribution in [3.63, 3.8) is 0 Å². The average molecular weight is 333 g/mol. The predicted molar refractivity (Wildman–Crippen MR) is 86.5 cm³/mol. The van der Waals surface area contributed by atoms with Crippen LogP contribution in [0.4, 0.5) is 0 Å². The molecule has 0 aromatic heterocycles. The fraction of sp³-hybridized carbons (Fsp3) is 0.438. The number of benzene rings is 1. The first-order chi connectivity index (χ1) is 11.4. The van der Waals surface area contributed by atoms with Crippen molar-refractivity contribution < 1.29 is 28.8 Å². The van der Waals surface area contributed by atoms with Crippen LogP contribution in [-0.4, -0.2) is 42.4 Å². The molecule has 0 fully saturated rings. The van der Waals surface area contributed by atoms with E-state index in [-0.39, 0.29) is 42.5 Å². The van der Waals surface area contributed by atoms with Crippen LogP contribution in [0.3, 0.4) is 0 Å². The minimum absolute atomic E-state index is 0.0638. The van der Waals surface area contributed by atoms with Crippen molar-refractivity contribution in [1.82, 2.24) is 5.32 Å². The molecule has 0 spiro atoms. The van der Waals surface area contributed by atoms with Crippen LogP contribution in [0.2, 0.25) is 0 Å². The molecular weight excluding hydrogens is 313 g/mol. The van der Waals surface area contributed by atoms with Gasteiger partial charge in [-0.2, -0.15) is 0 Å². The number of hydrogen-bond acceptors (Lipinski definition) is 6. The molecule has 0 radical (unpaired) electrons. The zero-order valence-corrected chi connectivity index (χ0v) is 13.7. The molecule has 0 bridgehead atoms. The highest BCUT2D eigenvalue weighted by atomic mass is 16.5. The summed E-state index contributed by atoms with van der Waals surface area (Å²) in [6.45, 7) is 3.36. The molecule has 1 aliphatic heterocycles. The van der Waals surface area contributed by atoms with Gasteiger partial charge < -0.3 is 24.5 Å². The Morgan fingerprint density at radius 2 is 2.12 bits per heavy atom. The lowest BCUT2D eigenvalue weighted by atomic mass is 9.72. The number of Topliss-reactive ketones (excluding diaryl/α,β-unsaturated/α-hetero) is 1. The molecule has 24 heavy (non-hydrogen) atoms. The Morgan fingerprint density at radius 3 is 2.79 bits per heavy atom. The van der Waals surface area contributed by atoms with Crippen LogP contribution in [0.25, 0.3) is 0 Å². The highest BCUT2D eigenvalue weighted by Crippen LogP contribution is 2.30. The number of nitrogens with one attached hydrogen (secondary N) is 1. The van der Waals surface area contributed by atoms with E-state index in [9.17, 15) is 19.4 Å². The van der Waals surface area contributed by atoms with Gasteiger partial charge in [0.25, 0.3) is 0 Å². The molecule has 128 valence electrons. The zero-order valence-electron chi connectivity index (χ0n) is 13.7. The molecule has 1 unspecified atom stereocenters. The molecule has 8 heteroatoms. The van der Waals surface area contributed by atoms with Gasteiger partial charge in [0.15, 0.2) is 0 Å². The smallest absolute Gasteiger partial charge is 0.534 e. The SMILES string of the molecule is CCOC(=O)c1cccc2c1OB(O)C(NC(=O)CCC(C)=O)C2. The third-order valence-corrected chi connectivity index (χ3v) is 3.67. The number of esters is 1. The quantitative estimate of drug-likeness (QED) is 0.586. The van der Waals surface area contributed by atoms with E-state index in [0.717, 1.165) is 0 Å². The minimum Gasteiger partial charge on any atom is -0.534 e. The minimum atomic E-state index is -1.28. The standard InChI is InChI=1S/C16H20BNO6/c1-3-23-16(21)12-6-4-5-11-9-13(17(22)24-15(11)12)18-14(20)8-7-10(2)19/h4-6,13,22H,3,7-9H2,1-2H3,(H,18,20). The number of ether oxygens (including phenoxy) is 1. The lowest BCUT2D eigenvalue weighted by Gasteiger charge is -2.29. The number of para-hydroxylation sites is 1. The van der Waals surface area contributed by atoms with Crippen molar-refractivity contribution in [2.45, 2.75) is 39.1 Å². The van der Waals surface area contributed by atoms with E-state index >= 15 is 0 Å². The summed E-state index contributed by atoms with van der Waals surface area (Å²) < 4.78 is 10.4. The van der Waals surface area contributed by atoms with Crippen LogP contribution in [0, 0.1) is 0 Å². The average Bonchev–Trinajstić information content (AvgIpc) is 2.53. The first kappa shape index (κ1) is 18.0. The molecule has 1 amide bonds. The third-order valence-electron chi connectivity index (χ3n) is 3.67. The summed E-state index contributed by atoms with van der Waals surface area (Å²) in [6, 6.07) is 5.02. The molecule has 2 rings (SSSR count). The van der Waals surface area contributed by atoms with Crippen molar-refractivity contribution in [3.8, 4) is 5.75 Å². The Labute approximate surface area is 140 Å². The largest absolute Gasteiger partial charge is 0.547 e. The lowest BCUT2D eigenvalue weighted by molar-refractivity contribution is -0.124. The first-order valence-corrected chi connectivity index (χ1v) is 7.85. The topological polar surface area (TPSA) is 102 Å². The Hall–Kier alpha value is -2.35. The van der Waals surface area contributed by atoms with Crippen molar-refractivity contribution in [2.75, 3.05) is 6.61 Å². The fourth-order valence-electron chi connectivity index (χ4n) is 2.49. The van der Waals surface area contributed by atoms with Crippen LogP contribution in [-0.2, 0) is 20.7 Å². The van der Waals surface area contributed by atoms with E-state index in [1.807, 2.05) is 0 Å². The van der Waals surface area contributed by atoms with Crippen LogP contribution in [0.1, 0.15) is 42.6 Å². The van der Waals surface area contributed by atoms with Gasteiger partial charge >= 0.3 is 13.1 Å². The van der Waals surface area contributed by atoms with Crippen molar-refractivity contribution in [2.24, 2.45) is 0 Å². The van der Waals surface area contributed by atoms with Crippen LogP contribution in [0.15, 0.2) is 18.2 Å². The highest BCUT2D eigenvalue weighted by molar-refractivity contribution is 6.47. The summed E-state index contributed by atoms with van der Waals surface area (Å²) in [6.07, 6.45) is 0.531. The van der Waals surface area contributed by atoms with E-state index < -0.39 is 19.0 Å². The summed E-state index contributed by atoms with van der Waals surface area (Å²) in [5.41, 5.74) is 0.942. The predicted octanol–water partition coefficient (Wildman–Crippen LogP) is 0.672. The number of carbonyl (C=O) groups is 3. The normalized spacial score (nSPS) is 16.0. The molecule has 0 saturated heterocycles. The summed E-state index contributed by atoms with van der Waals surface area (Å²) >= 11 is 0. The second-order valence-electron chi connectivity index (χ2n) is 5.60. The third kappa shape index (κ3) is 4.35. The number of ketones is 1. The maximum atomic E-state index is 11.9. The van der Waals surface area contributed by atoms with Gasteiger partial charge in [0, 0.05) is 12.8 Å². The van der Waals surface area contributed by atoms with Gasteiger partial charge in [-0.05, 0) is 31.9 Å². The Balaban J connectivity index is 2.10. The second-order valence-corrected chi connectivity index (χ2v) is 5.60. The molecule has 0 saturated carbocycles. The summed E-state index contributed by atoms with van der Waals surface area (Å²) in [7, 11) is -1.28. The molecule has 1 aromatic carbocycles. The van der Waals surface area contributed by atoms with Gasteiger partial charge in [-0.25, -0.2) is 4.79 Å². The van der Waals surface area contributed by atoms with Gasteiger partial charge in [-0.15, -0.1) is 0 Å². The number of amides is 1. The van der Waals surface area contributed by atoms with Crippen LogP contribution in [0.5, 0.6) is 5.75 Å². The van der Waals surface area contributed by atoms with Gasteiger partial charge in [-0.1, -0.05) is 12.1 Å². The number of rotatable bonds is 6. The summed E-state index contributed by atoms with van der Waals surface area (Å²) in [4.78, 5) is 34.7. The van der Waals surface area contributed by atoms with Gasteiger partial charge in [-0.3, -0.25) is 4.79 Å². The van der Waals surface area contributed by atoms with Crippen LogP contribution < -0.4 is 9.97 Å². The molecule has 0 aliphatic carbocycles. The highest BCUT2D eigenvalue weighted by Gasteiger charge is 2.37. The van der Waals surface area contributed by atoms with Crippen molar-refractivity contribution >= 4 is 24.8 Å². The summed E-state index contributed by atoms with van der Waals surface area (Å²) in [5.74, 6) is -1.30. The molecule has 1 aromatic rings. The van der Waals surface area contributed by atoms with Crippen LogP contribution >= 0.6 is 0 Å². The fourth-order valence-corrected chi connectivity index (χ4v) is 2.49. The second kappa shape index (κ2) is 7.96. The Morgan fingerprint density at radius 1 is 1.38 bits per heavy atom. The van der Waals surface area contributed by atoms with Crippen molar-refractivity contribution in [3.05, 3.63) is 29.3 Å². The Bertz CT molecular complexity index is 647. The molecule has 1 atom stereocenters. The zero-order chi connectivity index (χ0) is 17.7. The molecule has 7 nitrogen and oxygen atoms in total. The van der Waals surface area contributed by atoms with E-state index in [1.54, 1.807) is 25.1 Å². The van der Waals surface area contributed by atoms with Gasteiger partial charge in [0.1, 0.15) is 17.1 Å². The summed E-state index contributed by atoms with van der Waals surface area (Å²) in [5, 5.41) is 12.8. The van der Waals surface area contributed by atoms with E-state index in [2.05, 4.69) is 5.32 Å². The Kier molecular flexibility index (Phi) is 5.97. The molecule has 1 aliphatic rings. The maximum Gasteiger partial charge on any atom is 0.547 e. The van der Waals surface area contributed by atoms with Gasteiger partial charge in [0.05, 0.1) is 12.5 Å². The number of hydrogen-bond donors (Lipinski definition) is 2. The molecular formula is C16H20BNO6. The maximum absolute atomic E-state index is 11.9. The lowest BCUT2D eigenvalue weighted by Crippen LogP contribution is -2.53. The van der Waals surface area contributed by atoms with Gasteiger partial charge in [0.2, 0.25) is 5.91 Å². The number of fused-ring (bicyclic) bond motifs is 1. The molecule has 1 heterocycles. The van der Waals surface area contributed by atoms with E-state index in [4.69, 9.17) is 9.39 Å². The van der Waals surface area contributed by atoms with E-state index in [1.165, 1.54) is 6.92 Å². The van der Waals surface area contributed by atoms with E-state index in [0.29, 0.717) is 12.0 Å². The monoisotopic (exact) mass is 333 g/mol. The molecule has 2 N–H and O–H groups in total. The van der Waals surface area contributed by atoms with Crippen molar-refractivity contribution in [1.29, 1.82) is 0 Å². The number of carbonyl (C=O) groups excluding carboxylic acids is 3.